The van der Waals surface area contributed by atoms with Crippen LogP contribution in [-0.2, 0) is 19.1 Å². The molecule has 0 radical (unpaired) electrons. The van der Waals surface area contributed by atoms with Crippen molar-refractivity contribution in [2.75, 3.05) is 13.2 Å². The predicted octanol–water partition coefficient (Wildman–Crippen LogP) is 2.54. The lowest BCUT2D eigenvalue weighted by molar-refractivity contribution is -0.154. The summed E-state index contributed by atoms with van der Waals surface area (Å²) in [6, 6.07) is -0.486. The lowest BCUT2D eigenvalue weighted by Crippen LogP contribution is -2.53. The Kier molecular flexibility index (Phi) is 6.38. The van der Waals surface area contributed by atoms with E-state index >= 15 is 0 Å². The van der Waals surface area contributed by atoms with E-state index in [-0.39, 0.29) is 12.4 Å². The Hall–Kier alpha value is -1.59. The molecule has 6 nitrogen and oxygen atoms in total. The number of esters is 1. The molecule has 1 rings (SSSR count). The highest BCUT2D eigenvalue weighted by atomic mass is 16.6. The molecular weight excluding hydrogens is 286 g/mol. The number of piperidine rings is 1. The standard InChI is InChI=1S/C16H27NO5/c1-6-21-14(19)13(11(2)18)12-9-7-8-10-17(12)15(20)22-16(3,4)5/h12-13H,6-10H2,1-5H3. The average Bonchev–Trinajstić information content (AvgIpc) is 2.37. The Labute approximate surface area is 132 Å². The summed E-state index contributed by atoms with van der Waals surface area (Å²) in [5.41, 5.74) is -0.616. The molecule has 0 saturated carbocycles. The van der Waals surface area contributed by atoms with Crippen molar-refractivity contribution >= 4 is 17.8 Å². The third-order valence-electron chi connectivity index (χ3n) is 3.54. The maximum atomic E-state index is 12.4. The predicted molar refractivity (Wildman–Crippen MR) is 81.4 cm³/mol. The molecule has 0 bridgehead atoms. The Bertz CT molecular complexity index is 427. The maximum Gasteiger partial charge on any atom is 0.410 e. The van der Waals surface area contributed by atoms with Gasteiger partial charge in [0, 0.05) is 6.54 Å². The molecule has 1 aliphatic rings. The van der Waals surface area contributed by atoms with Gasteiger partial charge < -0.3 is 14.4 Å². The molecule has 6 heteroatoms. The van der Waals surface area contributed by atoms with Gasteiger partial charge in [0.2, 0.25) is 0 Å². The highest BCUT2D eigenvalue weighted by molar-refractivity contribution is 5.99. The second-order valence-electron chi connectivity index (χ2n) is 6.58. The Balaban J connectivity index is 2.97. The summed E-state index contributed by atoms with van der Waals surface area (Å²) in [5, 5.41) is 0. The molecule has 0 N–H and O–H groups in total. The third-order valence-corrected chi connectivity index (χ3v) is 3.54. The minimum Gasteiger partial charge on any atom is -0.465 e. The number of hydrogen-bond acceptors (Lipinski definition) is 5. The Morgan fingerprint density at radius 1 is 1.23 bits per heavy atom. The fourth-order valence-corrected chi connectivity index (χ4v) is 2.68. The molecule has 22 heavy (non-hydrogen) atoms. The SMILES string of the molecule is CCOC(=O)C(C(C)=O)C1CCCCN1C(=O)OC(C)(C)C. The number of rotatable bonds is 4. The number of carbonyl (C=O) groups is 3. The van der Waals surface area contributed by atoms with E-state index in [4.69, 9.17) is 9.47 Å². The van der Waals surface area contributed by atoms with Crippen molar-refractivity contribution in [3.63, 3.8) is 0 Å². The topological polar surface area (TPSA) is 72.9 Å². The summed E-state index contributed by atoms with van der Waals surface area (Å²) in [4.78, 5) is 37.9. The van der Waals surface area contributed by atoms with Crippen LogP contribution in [0.5, 0.6) is 0 Å². The van der Waals surface area contributed by atoms with Crippen LogP contribution in [0.3, 0.4) is 0 Å². The first-order valence-electron chi connectivity index (χ1n) is 7.84. The molecule has 1 heterocycles. The number of hydrogen-bond donors (Lipinski definition) is 0. The van der Waals surface area contributed by atoms with E-state index in [2.05, 4.69) is 0 Å². The van der Waals surface area contributed by atoms with E-state index in [1.807, 2.05) is 0 Å². The van der Waals surface area contributed by atoms with Crippen LogP contribution < -0.4 is 0 Å². The number of Topliss-reactive ketones (excluding diaryl/α,β-unsaturated/α-hetero) is 1. The first-order valence-corrected chi connectivity index (χ1v) is 7.84. The van der Waals surface area contributed by atoms with Crippen molar-refractivity contribution < 1.29 is 23.9 Å². The van der Waals surface area contributed by atoms with Crippen LogP contribution >= 0.6 is 0 Å². The largest absolute Gasteiger partial charge is 0.465 e. The first-order chi connectivity index (χ1) is 10.2. The van der Waals surface area contributed by atoms with Gasteiger partial charge in [-0.1, -0.05) is 0 Å². The minimum absolute atomic E-state index is 0.210. The molecule has 0 spiro atoms. The summed E-state index contributed by atoms with van der Waals surface area (Å²) in [5.74, 6) is -1.78. The lowest BCUT2D eigenvalue weighted by atomic mass is 9.88. The number of ketones is 1. The first kappa shape index (κ1) is 18.5. The van der Waals surface area contributed by atoms with Crippen LogP contribution in [0.2, 0.25) is 0 Å². The van der Waals surface area contributed by atoms with Gasteiger partial charge >= 0.3 is 12.1 Å². The molecule has 1 aliphatic heterocycles. The summed E-state index contributed by atoms with van der Waals surface area (Å²) in [6.45, 7) is 9.13. The summed E-state index contributed by atoms with van der Waals surface area (Å²) in [7, 11) is 0. The van der Waals surface area contributed by atoms with Crippen LogP contribution in [0.1, 0.15) is 53.9 Å². The third kappa shape index (κ3) is 5.00. The zero-order chi connectivity index (χ0) is 16.9. The van der Waals surface area contributed by atoms with E-state index in [1.54, 1.807) is 27.7 Å². The van der Waals surface area contributed by atoms with Crippen LogP contribution in [0.15, 0.2) is 0 Å². The van der Waals surface area contributed by atoms with E-state index in [9.17, 15) is 14.4 Å². The van der Waals surface area contributed by atoms with Gasteiger partial charge in [-0.05, 0) is 53.9 Å². The van der Waals surface area contributed by atoms with Crippen molar-refractivity contribution in [3.8, 4) is 0 Å². The second kappa shape index (κ2) is 7.61. The van der Waals surface area contributed by atoms with Crippen LogP contribution in [0.25, 0.3) is 0 Å². The van der Waals surface area contributed by atoms with Crippen LogP contribution in [0, 0.1) is 5.92 Å². The molecule has 126 valence electrons. The average molecular weight is 313 g/mol. The number of ether oxygens (including phenoxy) is 2. The fraction of sp³-hybridized carbons (Fsp3) is 0.812. The van der Waals surface area contributed by atoms with E-state index in [1.165, 1.54) is 11.8 Å². The van der Waals surface area contributed by atoms with Crippen molar-refractivity contribution in [2.45, 2.75) is 65.5 Å². The van der Waals surface area contributed by atoms with Crippen LogP contribution in [-0.4, -0.2) is 47.5 Å². The van der Waals surface area contributed by atoms with Gasteiger partial charge in [0.15, 0.2) is 0 Å². The molecule has 0 aliphatic carbocycles. The smallest absolute Gasteiger partial charge is 0.410 e. The van der Waals surface area contributed by atoms with Gasteiger partial charge in [-0.2, -0.15) is 0 Å². The maximum absolute atomic E-state index is 12.4. The quantitative estimate of drug-likeness (QED) is 0.589. The molecule has 1 amide bonds. The molecule has 1 fully saturated rings. The molecule has 0 aromatic carbocycles. The highest BCUT2D eigenvalue weighted by Crippen LogP contribution is 2.27. The van der Waals surface area contributed by atoms with Crippen LogP contribution in [0.4, 0.5) is 4.79 Å². The van der Waals surface area contributed by atoms with Gasteiger partial charge in [0.1, 0.15) is 17.3 Å². The zero-order valence-corrected chi connectivity index (χ0v) is 14.2. The minimum atomic E-state index is -0.937. The molecule has 2 atom stereocenters. The summed E-state index contributed by atoms with van der Waals surface area (Å²) in [6.07, 6.45) is 1.83. The van der Waals surface area contributed by atoms with E-state index in [0.717, 1.165) is 12.8 Å². The summed E-state index contributed by atoms with van der Waals surface area (Å²) >= 11 is 0. The van der Waals surface area contributed by atoms with E-state index < -0.39 is 29.6 Å². The Morgan fingerprint density at radius 2 is 1.86 bits per heavy atom. The number of amides is 1. The van der Waals surface area contributed by atoms with E-state index in [0.29, 0.717) is 13.0 Å². The van der Waals surface area contributed by atoms with Gasteiger partial charge in [-0.15, -0.1) is 0 Å². The van der Waals surface area contributed by atoms with Crippen molar-refractivity contribution in [2.24, 2.45) is 5.92 Å². The van der Waals surface area contributed by atoms with Gasteiger partial charge in [0.25, 0.3) is 0 Å². The fourth-order valence-electron chi connectivity index (χ4n) is 2.68. The van der Waals surface area contributed by atoms with Gasteiger partial charge in [0.05, 0.1) is 12.6 Å². The van der Waals surface area contributed by atoms with Gasteiger partial charge in [-0.25, -0.2) is 4.79 Å². The number of carbonyl (C=O) groups excluding carboxylic acids is 3. The highest BCUT2D eigenvalue weighted by Gasteiger charge is 2.41. The molecule has 0 aromatic heterocycles. The van der Waals surface area contributed by atoms with Crippen molar-refractivity contribution in [1.82, 2.24) is 4.90 Å². The molecule has 2 unspecified atom stereocenters. The number of likely N-dealkylation sites (tertiary alicyclic amines) is 1. The lowest BCUT2D eigenvalue weighted by Gasteiger charge is -2.39. The van der Waals surface area contributed by atoms with Gasteiger partial charge in [-0.3, -0.25) is 9.59 Å². The van der Waals surface area contributed by atoms with Crippen molar-refractivity contribution in [1.29, 1.82) is 0 Å². The van der Waals surface area contributed by atoms with Crippen molar-refractivity contribution in [3.05, 3.63) is 0 Å². The molecular formula is C16H27NO5. The molecule has 0 aromatic rings. The summed E-state index contributed by atoms with van der Waals surface area (Å²) < 4.78 is 10.4. The molecule has 1 saturated heterocycles. The zero-order valence-electron chi connectivity index (χ0n) is 14.2. The second-order valence-corrected chi connectivity index (χ2v) is 6.58. The normalized spacial score (nSPS) is 20.2. The number of nitrogens with zero attached hydrogens (tertiary/aromatic N) is 1. The monoisotopic (exact) mass is 313 g/mol. The Morgan fingerprint density at radius 3 is 2.36 bits per heavy atom.